The Kier molecular flexibility index (Phi) is 8.23. The van der Waals surface area contributed by atoms with Gasteiger partial charge in [0.2, 0.25) is 5.95 Å². The van der Waals surface area contributed by atoms with Crippen molar-refractivity contribution >= 4 is 22.4 Å². The van der Waals surface area contributed by atoms with Crippen LogP contribution >= 0.6 is 0 Å². The summed E-state index contributed by atoms with van der Waals surface area (Å²) in [7, 11) is -4.20. The van der Waals surface area contributed by atoms with Crippen molar-refractivity contribution in [2.24, 2.45) is 5.92 Å². The maximum Gasteiger partial charge on any atom is 0.419 e. The molecule has 0 saturated carbocycles. The third kappa shape index (κ3) is 6.75. The van der Waals surface area contributed by atoms with Gasteiger partial charge in [-0.05, 0) is 33.1 Å². The summed E-state index contributed by atoms with van der Waals surface area (Å²) >= 11 is 0. The van der Waals surface area contributed by atoms with Crippen LogP contribution in [0.1, 0.15) is 38.7 Å². The van der Waals surface area contributed by atoms with Crippen LogP contribution in [-0.4, -0.2) is 91.9 Å². The molecule has 2 saturated heterocycles. The lowest BCUT2D eigenvalue weighted by Crippen LogP contribution is -2.59. The quantitative estimate of drug-likeness (QED) is 0.351. The highest BCUT2D eigenvalue weighted by Gasteiger charge is 2.49. The topological polar surface area (TPSA) is 134 Å². The standard InChI is InChI=1S/C23H30F5N7O4S/c1-21(2,37)13-33-11-16(9-30-33)19-17(23(26,27)28)10-29-20(32-19)31-18-5-8-35(14-22(18,24)25)40(38,39)34-6-3-15(12-36)4-7-34/h9-12,15,18,37H,3-8,13-14H2,1-2H3,(H,29,31,32). The van der Waals surface area contributed by atoms with Gasteiger partial charge in [0.05, 0.1) is 36.6 Å². The molecule has 0 aromatic carbocycles. The van der Waals surface area contributed by atoms with Crippen molar-refractivity contribution in [3.8, 4) is 11.3 Å². The van der Waals surface area contributed by atoms with Gasteiger partial charge in [0.1, 0.15) is 11.8 Å². The van der Waals surface area contributed by atoms with Crippen molar-refractivity contribution in [1.82, 2.24) is 28.4 Å². The fourth-order valence-corrected chi connectivity index (χ4v) is 6.36. The number of aromatic nitrogens is 4. The lowest BCUT2D eigenvalue weighted by Gasteiger charge is -2.40. The van der Waals surface area contributed by atoms with Crippen molar-refractivity contribution in [3.63, 3.8) is 0 Å². The van der Waals surface area contributed by atoms with Crippen LogP contribution in [0.15, 0.2) is 18.6 Å². The van der Waals surface area contributed by atoms with Crippen molar-refractivity contribution in [2.45, 2.75) is 63.4 Å². The third-order valence-corrected chi connectivity index (χ3v) is 8.74. The number of nitrogens with one attached hydrogen (secondary N) is 1. The molecule has 0 bridgehead atoms. The van der Waals surface area contributed by atoms with E-state index in [4.69, 9.17) is 0 Å². The van der Waals surface area contributed by atoms with E-state index in [1.807, 2.05) is 0 Å². The van der Waals surface area contributed by atoms with Gasteiger partial charge in [0.25, 0.3) is 16.1 Å². The second kappa shape index (κ2) is 10.9. The number of aldehydes is 1. The van der Waals surface area contributed by atoms with Gasteiger partial charge in [-0.15, -0.1) is 0 Å². The molecule has 0 radical (unpaired) electrons. The zero-order valence-electron chi connectivity index (χ0n) is 21.8. The largest absolute Gasteiger partial charge is 0.419 e. The first kappa shape index (κ1) is 30.2. The monoisotopic (exact) mass is 595 g/mol. The molecule has 4 heterocycles. The summed E-state index contributed by atoms with van der Waals surface area (Å²) in [6, 6.07) is -1.65. The Balaban J connectivity index is 1.52. The second-order valence-electron chi connectivity index (χ2n) is 10.7. The normalized spacial score (nSPS) is 21.9. The van der Waals surface area contributed by atoms with Crippen LogP contribution in [-0.2, 0) is 27.7 Å². The minimum absolute atomic E-state index is 0.0205. The summed E-state index contributed by atoms with van der Waals surface area (Å²) in [5.74, 6) is -4.36. The molecular formula is C23H30F5N7O4S. The summed E-state index contributed by atoms with van der Waals surface area (Å²) < 4.78 is 100. The van der Waals surface area contributed by atoms with Crippen LogP contribution in [0.3, 0.4) is 0 Å². The van der Waals surface area contributed by atoms with E-state index in [1.54, 1.807) is 0 Å². The maximum atomic E-state index is 15.2. The zero-order chi connectivity index (χ0) is 29.5. The highest BCUT2D eigenvalue weighted by Crippen LogP contribution is 2.37. The molecule has 2 aromatic rings. The number of carbonyl (C=O) groups excluding carboxylic acids is 1. The van der Waals surface area contributed by atoms with E-state index in [9.17, 15) is 31.5 Å². The van der Waals surface area contributed by atoms with Crippen molar-refractivity contribution in [3.05, 3.63) is 24.2 Å². The zero-order valence-corrected chi connectivity index (χ0v) is 22.6. The van der Waals surface area contributed by atoms with E-state index in [1.165, 1.54) is 24.7 Å². The van der Waals surface area contributed by atoms with E-state index in [0.717, 1.165) is 16.8 Å². The van der Waals surface area contributed by atoms with Crippen LogP contribution in [0.5, 0.6) is 0 Å². The number of halogens is 5. The summed E-state index contributed by atoms with van der Waals surface area (Å²) in [4.78, 5) is 18.4. The first-order chi connectivity index (χ1) is 18.5. The number of aliphatic hydroxyl groups is 1. The molecule has 0 spiro atoms. The highest BCUT2D eigenvalue weighted by atomic mass is 32.2. The van der Waals surface area contributed by atoms with E-state index in [-0.39, 0.29) is 44.1 Å². The first-order valence-electron chi connectivity index (χ1n) is 12.5. The molecule has 4 rings (SSSR count). The van der Waals surface area contributed by atoms with Gasteiger partial charge in [0, 0.05) is 43.5 Å². The third-order valence-electron chi connectivity index (χ3n) is 6.76. The Hall–Kier alpha value is -2.76. The summed E-state index contributed by atoms with van der Waals surface area (Å²) in [6.45, 7) is 1.66. The number of nitrogens with zero attached hydrogens (tertiary/aromatic N) is 6. The molecule has 0 aliphatic carbocycles. The predicted octanol–water partition coefficient (Wildman–Crippen LogP) is 2.41. The van der Waals surface area contributed by atoms with Crippen molar-refractivity contribution in [1.29, 1.82) is 0 Å². The number of alkyl halides is 5. The van der Waals surface area contributed by atoms with E-state index < -0.39 is 57.7 Å². The van der Waals surface area contributed by atoms with E-state index >= 15 is 8.78 Å². The minimum Gasteiger partial charge on any atom is -0.389 e. The molecule has 222 valence electrons. The Labute approximate surface area is 227 Å². The molecular weight excluding hydrogens is 565 g/mol. The van der Waals surface area contributed by atoms with Crippen LogP contribution in [0.2, 0.25) is 0 Å². The Morgan fingerprint density at radius 1 is 1.12 bits per heavy atom. The molecule has 1 unspecified atom stereocenters. The van der Waals surface area contributed by atoms with Crippen molar-refractivity contribution in [2.75, 3.05) is 31.5 Å². The SMILES string of the molecule is CC(C)(O)Cn1cc(-c2nc(NC3CCN(S(=O)(=O)N4CCC(C=O)CC4)CC3(F)F)ncc2C(F)(F)F)cn1. The summed E-state index contributed by atoms with van der Waals surface area (Å²) in [5.41, 5.74) is -3.05. The number of piperidine rings is 2. The fourth-order valence-electron chi connectivity index (χ4n) is 4.69. The number of hydrogen-bond donors (Lipinski definition) is 2. The fraction of sp³-hybridized carbons (Fsp3) is 0.652. The molecule has 40 heavy (non-hydrogen) atoms. The van der Waals surface area contributed by atoms with Gasteiger partial charge in [0.15, 0.2) is 0 Å². The van der Waals surface area contributed by atoms with Gasteiger partial charge in [-0.2, -0.15) is 35.3 Å². The molecule has 0 amide bonds. The average molecular weight is 596 g/mol. The Morgan fingerprint density at radius 3 is 2.35 bits per heavy atom. The number of anilines is 1. The molecule has 2 aliphatic rings. The highest BCUT2D eigenvalue weighted by molar-refractivity contribution is 7.86. The first-order valence-corrected chi connectivity index (χ1v) is 13.9. The van der Waals surface area contributed by atoms with E-state index in [2.05, 4.69) is 20.4 Å². The predicted molar refractivity (Wildman–Crippen MR) is 132 cm³/mol. The molecule has 2 fully saturated rings. The Bertz CT molecular complexity index is 1320. The van der Waals surface area contributed by atoms with Gasteiger partial charge >= 0.3 is 6.18 Å². The minimum atomic E-state index is -4.85. The van der Waals surface area contributed by atoms with Crippen LogP contribution in [0.25, 0.3) is 11.3 Å². The summed E-state index contributed by atoms with van der Waals surface area (Å²) in [6.07, 6.45) is -0.998. The second-order valence-corrected chi connectivity index (χ2v) is 12.6. The van der Waals surface area contributed by atoms with Crippen LogP contribution < -0.4 is 5.32 Å². The Morgan fingerprint density at radius 2 is 1.77 bits per heavy atom. The average Bonchev–Trinajstić information content (AvgIpc) is 3.31. The van der Waals surface area contributed by atoms with E-state index in [0.29, 0.717) is 23.3 Å². The number of carbonyl (C=O) groups is 1. The van der Waals surface area contributed by atoms with Crippen LogP contribution in [0, 0.1) is 5.92 Å². The molecule has 2 aromatic heterocycles. The molecule has 11 nitrogen and oxygen atoms in total. The molecule has 2 aliphatic heterocycles. The van der Waals surface area contributed by atoms with Crippen LogP contribution in [0.4, 0.5) is 27.9 Å². The summed E-state index contributed by atoms with van der Waals surface area (Å²) in [5, 5.41) is 16.3. The number of rotatable bonds is 8. The van der Waals surface area contributed by atoms with Gasteiger partial charge < -0.3 is 15.2 Å². The van der Waals surface area contributed by atoms with Crippen molar-refractivity contribution < 1.29 is 40.3 Å². The maximum absolute atomic E-state index is 15.2. The number of hydrogen-bond acceptors (Lipinski definition) is 8. The smallest absolute Gasteiger partial charge is 0.389 e. The molecule has 17 heteroatoms. The lowest BCUT2D eigenvalue weighted by atomic mass is 10.0. The molecule has 2 N–H and O–H groups in total. The molecule has 1 atom stereocenters. The van der Waals surface area contributed by atoms with Gasteiger partial charge in [-0.25, -0.2) is 18.7 Å². The lowest BCUT2D eigenvalue weighted by molar-refractivity contribution is -0.137. The van der Waals surface area contributed by atoms with Gasteiger partial charge in [-0.1, -0.05) is 0 Å². The van der Waals surface area contributed by atoms with Gasteiger partial charge in [-0.3, -0.25) is 4.68 Å².